The van der Waals surface area contributed by atoms with Crippen molar-refractivity contribution in [3.8, 4) is 0 Å². The van der Waals surface area contributed by atoms with Gasteiger partial charge in [-0.2, -0.15) is 0 Å². The summed E-state index contributed by atoms with van der Waals surface area (Å²) in [5, 5.41) is 1.08. The van der Waals surface area contributed by atoms with Crippen LogP contribution in [0.25, 0.3) is 0 Å². The van der Waals surface area contributed by atoms with Crippen LogP contribution >= 0.6 is 23.2 Å². The summed E-state index contributed by atoms with van der Waals surface area (Å²) in [6.07, 6.45) is 7.91. The SMILES string of the molecule is Clc1nc(CC2CCCO2)nc(Cl)c1C1CCCC1. The lowest BCUT2D eigenvalue weighted by Crippen LogP contribution is -2.13. The fourth-order valence-corrected chi connectivity index (χ4v) is 3.84. The molecule has 0 spiro atoms. The van der Waals surface area contributed by atoms with Crippen LogP contribution in [0.4, 0.5) is 0 Å². The van der Waals surface area contributed by atoms with Crippen molar-refractivity contribution in [2.24, 2.45) is 0 Å². The molecular weight excluding hydrogens is 283 g/mol. The van der Waals surface area contributed by atoms with E-state index in [1.165, 1.54) is 12.8 Å². The number of halogens is 2. The molecule has 19 heavy (non-hydrogen) atoms. The minimum absolute atomic E-state index is 0.226. The molecular formula is C14H18Cl2N2O. The van der Waals surface area contributed by atoms with Crippen LogP contribution in [0.3, 0.4) is 0 Å². The Morgan fingerprint density at radius 1 is 1.00 bits per heavy atom. The summed E-state index contributed by atoms with van der Waals surface area (Å²) in [5.74, 6) is 1.15. The Labute approximate surface area is 123 Å². The summed E-state index contributed by atoms with van der Waals surface area (Å²) in [6.45, 7) is 0.840. The van der Waals surface area contributed by atoms with Crippen molar-refractivity contribution in [3.63, 3.8) is 0 Å². The van der Waals surface area contributed by atoms with Gasteiger partial charge < -0.3 is 4.74 Å². The van der Waals surface area contributed by atoms with Gasteiger partial charge in [-0.3, -0.25) is 0 Å². The molecule has 104 valence electrons. The molecule has 1 aliphatic carbocycles. The second-order valence-corrected chi connectivity index (χ2v) is 6.17. The number of nitrogens with zero attached hydrogens (tertiary/aromatic N) is 2. The number of hydrogen-bond acceptors (Lipinski definition) is 3. The van der Waals surface area contributed by atoms with E-state index in [9.17, 15) is 0 Å². The molecule has 1 saturated heterocycles. The summed E-state index contributed by atoms with van der Waals surface area (Å²) < 4.78 is 5.60. The van der Waals surface area contributed by atoms with Crippen LogP contribution in [-0.2, 0) is 11.2 Å². The maximum absolute atomic E-state index is 6.32. The smallest absolute Gasteiger partial charge is 0.137 e. The van der Waals surface area contributed by atoms with Crippen molar-refractivity contribution in [2.75, 3.05) is 6.61 Å². The Kier molecular flexibility index (Phi) is 4.25. The lowest BCUT2D eigenvalue weighted by atomic mass is 10.0. The Hall–Kier alpha value is -0.380. The van der Waals surface area contributed by atoms with Gasteiger partial charge in [-0.15, -0.1) is 0 Å². The quantitative estimate of drug-likeness (QED) is 0.786. The Morgan fingerprint density at radius 3 is 2.26 bits per heavy atom. The summed E-state index contributed by atoms with van der Waals surface area (Å²) in [6, 6.07) is 0. The van der Waals surface area contributed by atoms with Crippen LogP contribution in [0.2, 0.25) is 10.3 Å². The molecule has 0 N–H and O–H groups in total. The molecule has 0 radical (unpaired) electrons. The molecule has 1 saturated carbocycles. The highest BCUT2D eigenvalue weighted by molar-refractivity contribution is 6.34. The van der Waals surface area contributed by atoms with Gasteiger partial charge in [0.1, 0.15) is 16.1 Å². The number of rotatable bonds is 3. The fraction of sp³-hybridized carbons (Fsp3) is 0.714. The number of hydrogen-bond donors (Lipinski definition) is 0. The minimum Gasteiger partial charge on any atom is -0.378 e. The lowest BCUT2D eigenvalue weighted by molar-refractivity contribution is 0.110. The molecule has 5 heteroatoms. The minimum atomic E-state index is 0.226. The van der Waals surface area contributed by atoms with Crippen LogP contribution in [0, 0.1) is 0 Å². The molecule has 0 aromatic carbocycles. The summed E-state index contributed by atoms with van der Waals surface area (Å²) in [5.41, 5.74) is 0.955. The average Bonchev–Trinajstić information content (AvgIpc) is 3.01. The average molecular weight is 301 g/mol. The van der Waals surface area contributed by atoms with Gasteiger partial charge in [0, 0.05) is 18.6 Å². The highest BCUT2D eigenvalue weighted by Gasteiger charge is 2.25. The normalized spacial score (nSPS) is 24.2. The predicted octanol–water partition coefficient (Wildman–Crippen LogP) is 4.16. The van der Waals surface area contributed by atoms with E-state index in [2.05, 4.69) is 9.97 Å². The van der Waals surface area contributed by atoms with Crippen LogP contribution in [0.1, 0.15) is 55.8 Å². The summed E-state index contributed by atoms with van der Waals surface area (Å²) >= 11 is 12.6. The van der Waals surface area contributed by atoms with E-state index < -0.39 is 0 Å². The molecule has 1 aromatic rings. The van der Waals surface area contributed by atoms with Crippen molar-refractivity contribution in [1.29, 1.82) is 0 Å². The van der Waals surface area contributed by atoms with Crippen molar-refractivity contribution in [2.45, 2.75) is 57.0 Å². The summed E-state index contributed by atoms with van der Waals surface area (Å²) in [7, 11) is 0. The first kappa shape index (κ1) is 13.6. The molecule has 0 bridgehead atoms. The topological polar surface area (TPSA) is 35.0 Å². The standard InChI is InChI=1S/C14H18Cl2N2O/c15-13-12(9-4-1-2-5-9)14(16)18-11(17-13)8-10-6-3-7-19-10/h9-10H,1-8H2. The van der Waals surface area contributed by atoms with Crippen molar-refractivity contribution >= 4 is 23.2 Å². The van der Waals surface area contributed by atoms with Gasteiger partial charge in [-0.1, -0.05) is 36.0 Å². The van der Waals surface area contributed by atoms with Crippen LogP contribution < -0.4 is 0 Å². The highest BCUT2D eigenvalue weighted by atomic mass is 35.5. The molecule has 1 atom stereocenters. The fourth-order valence-electron chi connectivity index (χ4n) is 3.11. The van der Waals surface area contributed by atoms with Crippen molar-refractivity contribution < 1.29 is 4.74 Å². The first-order chi connectivity index (χ1) is 9.24. The summed E-state index contributed by atoms with van der Waals surface area (Å²) in [4.78, 5) is 8.86. The Balaban J connectivity index is 1.80. The second kappa shape index (κ2) is 5.94. The Bertz CT molecular complexity index is 432. The molecule has 0 amide bonds. The molecule has 2 fully saturated rings. The first-order valence-corrected chi connectivity index (χ1v) is 7.83. The third-order valence-electron chi connectivity index (χ3n) is 4.10. The van der Waals surface area contributed by atoms with E-state index in [0.717, 1.165) is 37.9 Å². The van der Waals surface area contributed by atoms with Crippen LogP contribution in [0.5, 0.6) is 0 Å². The maximum Gasteiger partial charge on any atom is 0.137 e. The zero-order valence-electron chi connectivity index (χ0n) is 10.9. The third-order valence-corrected chi connectivity index (χ3v) is 4.67. The lowest BCUT2D eigenvalue weighted by Gasteiger charge is -2.15. The van der Waals surface area contributed by atoms with E-state index in [-0.39, 0.29) is 6.10 Å². The van der Waals surface area contributed by atoms with Crippen LogP contribution in [-0.4, -0.2) is 22.7 Å². The second-order valence-electron chi connectivity index (χ2n) is 5.46. The molecule has 1 aliphatic heterocycles. The monoisotopic (exact) mass is 300 g/mol. The zero-order chi connectivity index (χ0) is 13.2. The van der Waals surface area contributed by atoms with Gasteiger partial charge >= 0.3 is 0 Å². The van der Waals surface area contributed by atoms with Gasteiger partial charge in [0.05, 0.1) is 6.10 Å². The van der Waals surface area contributed by atoms with Crippen LogP contribution in [0.15, 0.2) is 0 Å². The zero-order valence-corrected chi connectivity index (χ0v) is 12.4. The number of aromatic nitrogens is 2. The molecule has 2 heterocycles. The molecule has 1 aromatic heterocycles. The highest BCUT2D eigenvalue weighted by Crippen LogP contribution is 2.40. The Morgan fingerprint density at radius 2 is 1.68 bits per heavy atom. The molecule has 2 aliphatic rings. The number of ether oxygens (including phenoxy) is 1. The van der Waals surface area contributed by atoms with Crippen molar-refractivity contribution in [1.82, 2.24) is 9.97 Å². The van der Waals surface area contributed by atoms with Gasteiger partial charge in [-0.05, 0) is 31.6 Å². The molecule has 1 unspecified atom stereocenters. The van der Waals surface area contributed by atoms with Gasteiger partial charge in [0.2, 0.25) is 0 Å². The predicted molar refractivity (Wildman–Crippen MR) is 75.9 cm³/mol. The molecule has 3 nitrogen and oxygen atoms in total. The maximum atomic E-state index is 6.32. The van der Waals surface area contributed by atoms with Gasteiger partial charge in [0.25, 0.3) is 0 Å². The van der Waals surface area contributed by atoms with E-state index in [1.807, 2.05) is 0 Å². The third kappa shape index (κ3) is 3.04. The van der Waals surface area contributed by atoms with E-state index in [4.69, 9.17) is 27.9 Å². The van der Waals surface area contributed by atoms with E-state index in [0.29, 0.717) is 28.5 Å². The molecule has 3 rings (SSSR count). The largest absolute Gasteiger partial charge is 0.378 e. The van der Waals surface area contributed by atoms with E-state index in [1.54, 1.807) is 0 Å². The first-order valence-electron chi connectivity index (χ1n) is 7.07. The van der Waals surface area contributed by atoms with Gasteiger partial charge in [0.15, 0.2) is 0 Å². The van der Waals surface area contributed by atoms with Gasteiger partial charge in [-0.25, -0.2) is 9.97 Å². The van der Waals surface area contributed by atoms with Crippen molar-refractivity contribution in [3.05, 3.63) is 21.7 Å². The van der Waals surface area contributed by atoms with E-state index >= 15 is 0 Å².